The van der Waals surface area contributed by atoms with Gasteiger partial charge in [0.2, 0.25) is 5.91 Å². The fourth-order valence-corrected chi connectivity index (χ4v) is 2.75. The van der Waals surface area contributed by atoms with E-state index in [-0.39, 0.29) is 30.7 Å². The Balaban J connectivity index is 1.48. The highest BCUT2D eigenvalue weighted by Gasteiger charge is 2.11. The number of carbonyl (C=O) groups is 3. The third-order valence-electron chi connectivity index (χ3n) is 3.95. The normalized spacial score (nSPS) is 10.2. The number of carbonyl (C=O) groups excluding carboxylic acids is 3. The number of nitrogens with one attached hydrogen (secondary N) is 3. The molecule has 0 aliphatic rings. The molecule has 8 heteroatoms. The maximum Gasteiger partial charge on any atom is 0.291 e. The minimum Gasteiger partial charge on any atom is -0.459 e. The van der Waals surface area contributed by atoms with E-state index in [1.165, 1.54) is 6.26 Å². The second-order valence-corrected chi connectivity index (χ2v) is 6.48. The van der Waals surface area contributed by atoms with Crippen molar-refractivity contribution in [3.8, 4) is 0 Å². The molecule has 0 aliphatic heterocycles. The van der Waals surface area contributed by atoms with E-state index < -0.39 is 5.91 Å². The quantitative estimate of drug-likeness (QED) is 0.555. The molecule has 0 saturated heterocycles. The molecule has 0 aliphatic carbocycles. The second kappa shape index (κ2) is 9.57. The van der Waals surface area contributed by atoms with Crippen LogP contribution in [0.5, 0.6) is 0 Å². The molecule has 3 N–H and O–H groups in total. The van der Waals surface area contributed by atoms with Crippen LogP contribution in [0, 0.1) is 0 Å². The summed E-state index contributed by atoms with van der Waals surface area (Å²) in [5.74, 6) is -0.930. The maximum absolute atomic E-state index is 12.1. The van der Waals surface area contributed by atoms with Crippen LogP contribution in [0.4, 0.5) is 5.69 Å². The van der Waals surface area contributed by atoms with Crippen LogP contribution in [0.25, 0.3) is 0 Å². The van der Waals surface area contributed by atoms with Gasteiger partial charge in [0, 0.05) is 12.2 Å². The van der Waals surface area contributed by atoms with Gasteiger partial charge in [-0.15, -0.1) is 0 Å². The predicted octanol–water partition coefficient (Wildman–Crippen LogP) is 3.23. The molecule has 1 aromatic heterocycles. The van der Waals surface area contributed by atoms with Crippen molar-refractivity contribution < 1.29 is 18.8 Å². The highest BCUT2D eigenvalue weighted by Crippen LogP contribution is 2.14. The van der Waals surface area contributed by atoms with Gasteiger partial charge in [0.25, 0.3) is 11.8 Å². The zero-order valence-corrected chi connectivity index (χ0v) is 16.0. The maximum atomic E-state index is 12.1. The standard InChI is InChI=1S/C21H18ClN3O4/c22-17-8-2-1-7-16(17)20(27)24-13-19(26)23-12-14-5-3-6-15(11-14)25-21(28)18-9-4-10-29-18/h1-11H,12-13H2,(H,23,26)(H,24,27)(H,25,28). The Morgan fingerprint density at radius 2 is 1.72 bits per heavy atom. The van der Waals surface area contributed by atoms with E-state index in [4.69, 9.17) is 16.0 Å². The number of hydrogen-bond acceptors (Lipinski definition) is 4. The first kappa shape index (κ1) is 20.2. The molecule has 0 fully saturated rings. The zero-order valence-electron chi connectivity index (χ0n) is 15.3. The summed E-state index contributed by atoms with van der Waals surface area (Å²) in [6.07, 6.45) is 1.42. The molecule has 148 valence electrons. The Kier molecular flexibility index (Phi) is 6.65. The van der Waals surface area contributed by atoms with E-state index in [2.05, 4.69) is 16.0 Å². The van der Waals surface area contributed by atoms with Gasteiger partial charge in [-0.2, -0.15) is 0 Å². The van der Waals surface area contributed by atoms with E-state index >= 15 is 0 Å². The van der Waals surface area contributed by atoms with Crippen LogP contribution in [0.1, 0.15) is 26.5 Å². The van der Waals surface area contributed by atoms with Crippen LogP contribution in [-0.2, 0) is 11.3 Å². The highest BCUT2D eigenvalue weighted by molar-refractivity contribution is 6.33. The molecule has 1 heterocycles. The third-order valence-corrected chi connectivity index (χ3v) is 4.28. The molecule has 0 saturated carbocycles. The van der Waals surface area contributed by atoms with E-state index in [1.54, 1.807) is 54.6 Å². The van der Waals surface area contributed by atoms with Crippen LogP contribution in [0.15, 0.2) is 71.3 Å². The number of anilines is 1. The van der Waals surface area contributed by atoms with Gasteiger partial charge < -0.3 is 20.4 Å². The first-order valence-electron chi connectivity index (χ1n) is 8.76. The van der Waals surface area contributed by atoms with E-state index in [9.17, 15) is 14.4 Å². The summed E-state index contributed by atoms with van der Waals surface area (Å²) in [6, 6.07) is 16.8. The highest BCUT2D eigenvalue weighted by atomic mass is 35.5. The summed E-state index contributed by atoms with van der Waals surface area (Å²) in [6.45, 7) is 0.0598. The van der Waals surface area contributed by atoms with Crippen molar-refractivity contribution in [1.29, 1.82) is 0 Å². The molecule has 3 amide bonds. The van der Waals surface area contributed by atoms with Crippen LogP contribution < -0.4 is 16.0 Å². The van der Waals surface area contributed by atoms with Gasteiger partial charge in [-0.25, -0.2) is 0 Å². The number of amides is 3. The molecule has 0 radical (unpaired) electrons. The van der Waals surface area contributed by atoms with E-state index in [0.29, 0.717) is 16.3 Å². The largest absolute Gasteiger partial charge is 0.459 e. The number of rotatable bonds is 7. The van der Waals surface area contributed by atoms with Gasteiger partial charge in [-0.05, 0) is 42.0 Å². The van der Waals surface area contributed by atoms with Crippen molar-refractivity contribution in [2.24, 2.45) is 0 Å². The molecule has 0 bridgehead atoms. The SMILES string of the molecule is O=C(CNC(=O)c1ccccc1Cl)NCc1cccc(NC(=O)c2ccco2)c1. The van der Waals surface area contributed by atoms with Gasteiger partial charge >= 0.3 is 0 Å². The molecule has 7 nitrogen and oxygen atoms in total. The number of furan rings is 1. The Morgan fingerprint density at radius 3 is 2.48 bits per heavy atom. The lowest BCUT2D eigenvalue weighted by Crippen LogP contribution is -2.36. The van der Waals surface area contributed by atoms with Crippen LogP contribution in [0.2, 0.25) is 5.02 Å². The lowest BCUT2D eigenvalue weighted by atomic mass is 10.2. The van der Waals surface area contributed by atoms with Gasteiger partial charge in [0.15, 0.2) is 5.76 Å². The number of benzene rings is 2. The second-order valence-electron chi connectivity index (χ2n) is 6.07. The first-order valence-corrected chi connectivity index (χ1v) is 9.14. The lowest BCUT2D eigenvalue weighted by molar-refractivity contribution is -0.120. The minimum absolute atomic E-state index is 0.182. The van der Waals surface area contributed by atoms with Crippen molar-refractivity contribution in [3.05, 3.63) is 88.8 Å². The van der Waals surface area contributed by atoms with E-state index in [0.717, 1.165) is 5.56 Å². The molecule has 0 atom stereocenters. The van der Waals surface area contributed by atoms with Crippen molar-refractivity contribution in [3.63, 3.8) is 0 Å². The molecular formula is C21H18ClN3O4. The summed E-state index contributed by atoms with van der Waals surface area (Å²) in [5.41, 5.74) is 1.67. The smallest absolute Gasteiger partial charge is 0.291 e. The Morgan fingerprint density at radius 1 is 0.897 bits per heavy atom. The summed E-state index contributed by atoms with van der Waals surface area (Å²) in [4.78, 5) is 36.1. The summed E-state index contributed by atoms with van der Waals surface area (Å²) >= 11 is 5.96. The monoisotopic (exact) mass is 411 g/mol. The van der Waals surface area contributed by atoms with Crippen LogP contribution in [0.3, 0.4) is 0 Å². The fraction of sp³-hybridized carbons (Fsp3) is 0.0952. The van der Waals surface area contributed by atoms with Gasteiger partial charge in [-0.1, -0.05) is 35.9 Å². The summed E-state index contributed by atoms with van der Waals surface area (Å²) < 4.78 is 5.05. The molecule has 3 aromatic rings. The summed E-state index contributed by atoms with van der Waals surface area (Å²) in [7, 11) is 0. The van der Waals surface area contributed by atoms with Gasteiger partial charge in [0.05, 0.1) is 23.4 Å². The number of halogens is 1. The third kappa shape index (κ3) is 5.70. The topological polar surface area (TPSA) is 100 Å². The molecule has 3 rings (SSSR count). The average molecular weight is 412 g/mol. The van der Waals surface area contributed by atoms with Crippen LogP contribution in [-0.4, -0.2) is 24.3 Å². The van der Waals surface area contributed by atoms with Gasteiger partial charge in [-0.3, -0.25) is 14.4 Å². The van der Waals surface area contributed by atoms with Gasteiger partial charge in [0.1, 0.15) is 0 Å². The lowest BCUT2D eigenvalue weighted by Gasteiger charge is -2.09. The molecule has 29 heavy (non-hydrogen) atoms. The van der Waals surface area contributed by atoms with Crippen molar-refractivity contribution in [2.75, 3.05) is 11.9 Å². The fourth-order valence-electron chi connectivity index (χ4n) is 2.52. The minimum atomic E-state index is -0.423. The molecule has 0 unspecified atom stereocenters. The predicted molar refractivity (Wildman–Crippen MR) is 109 cm³/mol. The molecule has 0 spiro atoms. The van der Waals surface area contributed by atoms with Crippen molar-refractivity contribution >= 4 is 35.0 Å². The molecule has 2 aromatic carbocycles. The van der Waals surface area contributed by atoms with Crippen molar-refractivity contribution in [2.45, 2.75) is 6.54 Å². The van der Waals surface area contributed by atoms with Crippen LogP contribution >= 0.6 is 11.6 Å². The Labute approximate surface area is 172 Å². The average Bonchev–Trinajstić information content (AvgIpc) is 3.26. The Bertz CT molecular complexity index is 1020. The van der Waals surface area contributed by atoms with E-state index in [1.807, 2.05) is 6.07 Å². The molecular weight excluding hydrogens is 394 g/mol. The first-order chi connectivity index (χ1) is 14.0. The zero-order chi connectivity index (χ0) is 20.6. The number of hydrogen-bond donors (Lipinski definition) is 3. The summed E-state index contributed by atoms with van der Waals surface area (Å²) in [5, 5.41) is 8.28. The van der Waals surface area contributed by atoms with Crippen molar-refractivity contribution in [1.82, 2.24) is 10.6 Å². The Hall–Kier alpha value is -3.58.